The van der Waals surface area contributed by atoms with Gasteiger partial charge in [0.25, 0.3) is 0 Å². The molecule has 1 fully saturated rings. The van der Waals surface area contributed by atoms with Crippen molar-refractivity contribution >= 4 is 5.78 Å². The number of ether oxygens (including phenoxy) is 1. The summed E-state index contributed by atoms with van der Waals surface area (Å²) in [6.45, 7) is 10.6. The fourth-order valence-corrected chi connectivity index (χ4v) is 2.47. The topological polar surface area (TPSA) is 26.3 Å². The Balaban J connectivity index is 2.07. The molecule has 2 unspecified atom stereocenters. The van der Waals surface area contributed by atoms with E-state index in [-0.39, 0.29) is 16.9 Å². The van der Waals surface area contributed by atoms with Crippen LogP contribution in [0.3, 0.4) is 0 Å². The third-order valence-electron chi connectivity index (χ3n) is 4.45. The first kappa shape index (κ1) is 14.1. The van der Waals surface area contributed by atoms with Gasteiger partial charge < -0.3 is 4.74 Å². The van der Waals surface area contributed by atoms with Gasteiger partial charge in [0.1, 0.15) is 17.6 Å². The van der Waals surface area contributed by atoms with E-state index < -0.39 is 0 Å². The first-order valence-electron chi connectivity index (χ1n) is 7.08. The van der Waals surface area contributed by atoms with E-state index in [2.05, 4.69) is 39.8 Å². The van der Waals surface area contributed by atoms with Crippen LogP contribution in [0.15, 0.2) is 24.3 Å². The van der Waals surface area contributed by atoms with Gasteiger partial charge in [0.15, 0.2) is 0 Å². The number of rotatable bonds is 3. The van der Waals surface area contributed by atoms with Gasteiger partial charge in [-0.2, -0.15) is 0 Å². The van der Waals surface area contributed by atoms with Gasteiger partial charge in [-0.25, -0.2) is 0 Å². The normalized spacial score (nSPS) is 27.0. The smallest absolute Gasteiger partial charge is 0.146 e. The second kappa shape index (κ2) is 4.66. The molecule has 0 bridgehead atoms. The number of carbonyl (C=O) groups excluding carboxylic acids is 1. The number of hydrogen-bond donors (Lipinski definition) is 0. The van der Waals surface area contributed by atoms with Crippen LogP contribution in [0.1, 0.15) is 53.0 Å². The molecular formula is C17H24O2. The molecule has 0 N–H and O–H groups in total. The van der Waals surface area contributed by atoms with Gasteiger partial charge in [-0.05, 0) is 36.5 Å². The average molecular weight is 260 g/mol. The molecule has 104 valence electrons. The van der Waals surface area contributed by atoms with Gasteiger partial charge in [-0.1, -0.05) is 39.8 Å². The predicted octanol–water partition coefficient (Wildman–Crippen LogP) is 4.12. The van der Waals surface area contributed by atoms with Crippen LogP contribution in [-0.2, 0) is 10.2 Å². The predicted molar refractivity (Wildman–Crippen MR) is 77.6 cm³/mol. The Bertz CT molecular complexity index is 467. The summed E-state index contributed by atoms with van der Waals surface area (Å²) in [6, 6.07) is 8.25. The highest BCUT2D eigenvalue weighted by Gasteiger charge is 2.51. The lowest BCUT2D eigenvalue weighted by atomic mass is 9.64. The van der Waals surface area contributed by atoms with Crippen LogP contribution >= 0.6 is 0 Å². The fraction of sp³-hybridized carbons (Fsp3) is 0.588. The third kappa shape index (κ3) is 2.54. The summed E-state index contributed by atoms with van der Waals surface area (Å²) in [5.74, 6) is 1.19. The first-order chi connectivity index (χ1) is 8.77. The van der Waals surface area contributed by atoms with Crippen molar-refractivity contribution in [3.8, 4) is 5.75 Å². The molecule has 1 saturated carbocycles. The van der Waals surface area contributed by atoms with E-state index in [1.54, 1.807) is 0 Å². The van der Waals surface area contributed by atoms with Crippen LogP contribution in [0, 0.1) is 5.41 Å². The summed E-state index contributed by atoms with van der Waals surface area (Å²) < 4.78 is 5.97. The third-order valence-corrected chi connectivity index (χ3v) is 4.45. The van der Waals surface area contributed by atoms with E-state index in [0.717, 1.165) is 12.2 Å². The SMILES string of the molecule is CCC1(C)C(=O)CC1Oc1ccc(C(C)(C)C)cc1. The molecule has 2 rings (SSSR count). The molecule has 0 aliphatic heterocycles. The van der Waals surface area contributed by atoms with E-state index >= 15 is 0 Å². The largest absolute Gasteiger partial charge is 0.489 e. The van der Waals surface area contributed by atoms with Gasteiger partial charge in [-0.3, -0.25) is 4.79 Å². The van der Waals surface area contributed by atoms with Crippen LogP contribution in [0.2, 0.25) is 0 Å². The van der Waals surface area contributed by atoms with Crippen LogP contribution < -0.4 is 4.74 Å². The Hall–Kier alpha value is -1.31. The number of ketones is 1. The maximum Gasteiger partial charge on any atom is 0.146 e. The lowest BCUT2D eigenvalue weighted by molar-refractivity contribution is -0.150. The Kier molecular flexibility index (Phi) is 3.46. The average Bonchev–Trinajstić information content (AvgIpc) is 2.37. The van der Waals surface area contributed by atoms with E-state index in [9.17, 15) is 4.79 Å². The van der Waals surface area contributed by atoms with E-state index in [4.69, 9.17) is 4.74 Å². The second-order valence-corrected chi connectivity index (χ2v) is 6.78. The van der Waals surface area contributed by atoms with Crippen molar-refractivity contribution in [1.82, 2.24) is 0 Å². The Morgan fingerprint density at radius 3 is 2.26 bits per heavy atom. The summed E-state index contributed by atoms with van der Waals surface area (Å²) in [4.78, 5) is 11.7. The Morgan fingerprint density at radius 1 is 1.26 bits per heavy atom. The molecule has 2 nitrogen and oxygen atoms in total. The first-order valence-corrected chi connectivity index (χ1v) is 7.08. The number of hydrogen-bond acceptors (Lipinski definition) is 2. The van der Waals surface area contributed by atoms with Crippen molar-refractivity contribution in [3.05, 3.63) is 29.8 Å². The molecule has 0 spiro atoms. The second-order valence-electron chi connectivity index (χ2n) is 6.78. The van der Waals surface area contributed by atoms with Crippen LogP contribution in [0.4, 0.5) is 0 Å². The summed E-state index contributed by atoms with van der Waals surface area (Å²) in [6.07, 6.45) is 1.42. The van der Waals surface area contributed by atoms with Crippen molar-refractivity contribution in [2.24, 2.45) is 5.41 Å². The zero-order valence-corrected chi connectivity index (χ0v) is 12.6. The zero-order chi connectivity index (χ0) is 14.3. The van der Waals surface area contributed by atoms with Crippen molar-refractivity contribution in [1.29, 1.82) is 0 Å². The molecular weight excluding hydrogens is 236 g/mol. The molecule has 19 heavy (non-hydrogen) atoms. The molecule has 0 radical (unpaired) electrons. The van der Waals surface area contributed by atoms with Crippen molar-refractivity contribution in [2.75, 3.05) is 0 Å². The highest BCUT2D eigenvalue weighted by atomic mass is 16.5. The fourth-order valence-electron chi connectivity index (χ4n) is 2.47. The minimum Gasteiger partial charge on any atom is -0.489 e. The van der Waals surface area contributed by atoms with Crippen LogP contribution in [0.25, 0.3) is 0 Å². The van der Waals surface area contributed by atoms with Crippen LogP contribution in [-0.4, -0.2) is 11.9 Å². The lowest BCUT2D eigenvalue weighted by Gasteiger charge is -2.44. The maximum atomic E-state index is 11.7. The molecule has 0 amide bonds. The molecule has 0 aromatic heterocycles. The van der Waals surface area contributed by atoms with E-state index in [1.165, 1.54) is 5.56 Å². The molecule has 1 aromatic rings. The summed E-state index contributed by atoms with van der Waals surface area (Å²) in [7, 11) is 0. The lowest BCUT2D eigenvalue weighted by Crippen LogP contribution is -2.54. The molecule has 2 heteroatoms. The van der Waals surface area contributed by atoms with Gasteiger partial charge in [-0.15, -0.1) is 0 Å². The minimum atomic E-state index is -0.289. The monoisotopic (exact) mass is 260 g/mol. The number of carbonyl (C=O) groups is 1. The van der Waals surface area contributed by atoms with E-state index in [1.807, 2.05) is 19.1 Å². The molecule has 0 heterocycles. The van der Waals surface area contributed by atoms with Crippen LogP contribution in [0.5, 0.6) is 5.75 Å². The molecule has 1 aliphatic carbocycles. The van der Waals surface area contributed by atoms with E-state index in [0.29, 0.717) is 12.2 Å². The van der Waals surface area contributed by atoms with Gasteiger partial charge in [0, 0.05) is 6.42 Å². The summed E-state index contributed by atoms with van der Waals surface area (Å²) in [5.41, 5.74) is 1.16. The van der Waals surface area contributed by atoms with Crippen molar-refractivity contribution < 1.29 is 9.53 Å². The van der Waals surface area contributed by atoms with Gasteiger partial charge >= 0.3 is 0 Å². The summed E-state index contributed by atoms with van der Waals surface area (Å²) >= 11 is 0. The highest BCUT2D eigenvalue weighted by molar-refractivity contribution is 5.92. The quantitative estimate of drug-likeness (QED) is 0.817. The Morgan fingerprint density at radius 2 is 1.84 bits per heavy atom. The molecule has 1 aliphatic rings. The van der Waals surface area contributed by atoms with Crippen molar-refractivity contribution in [2.45, 2.75) is 59.0 Å². The molecule has 0 saturated heterocycles. The number of benzene rings is 1. The number of Topliss-reactive ketones (excluding diaryl/α,β-unsaturated/α-hetero) is 1. The van der Waals surface area contributed by atoms with Gasteiger partial charge in [0.05, 0.1) is 5.41 Å². The molecule has 2 atom stereocenters. The molecule has 1 aromatic carbocycles. The van der Waals surface area contributed by atoms with Crippen molar-refractivity contribution in [3.63, 3.8) is 0 Å². The van der Waals surface area contributed by atoms with Gasteiger partial charge in [0.2, 0.25) is 0 Å². The highest BCUT2D eigenvalue weighted by Crippen LogP contribution is 2.42. The minimum absolute atomic E-state index is 0.0329. The maximum absolute atomic E-state index is 11.7. The zero-order valence-electron chi connectivity index (χ0n) is 12.6. The standard InChI is InChI=1S/C17H24O2/c1-6-17(5)14(18)11-15(17)19-13-9-7-12(8-10-13)16(2,3)4/h7-10,15H,6,11H2,1-5H3. The summed E-state index contributed by atoms with van der Waals surface area (Å²) in [5, 5.41) is 0. The Labute approximate surface area is 116 Å².